The molecule has 0 amide bonds. The molecule has 0 spiro atoms. The van der Waals surface area contributed by atoms with Crippen molar-refractivity contribution in [3.8, 4) is 0 Å². The minimum atomic E-state index is 0.640. The van der Waals surface area contributed by atoms with Crippen molar-refractivity contribution in [1.82, 2.24) is 4.90 Å². The van der Waals surface area contributed by atoms with E-state index >= 15 is 0 Å². The van der Waals surface area contributed by atoms with Crippen LogP contribution >= 0.6 is 0 Å². The molecule has 3 nitrogen and oxygen atoms in total. The SMILES string of the molecule is CCO/N=C1/C=CN(C)C1. The Morgan fingerprint density at radius 2 is 2.60 bits per heavy atom. The van der Waals surface area contributed by atoms with Crippen LogP contribution in [-0.4, -0.2) is 30.8 Å². The zero-order valence-electron chi connectivity index (χ0n) is 6.37. The summed E-state index contributed by atoms with van der Waals surface area (Å²) in [6.07, 6.45) is 3.94. The van der Waals surface area contributed by atoms with Gasteiger partial charge in [0.05, 0.1) is 6.54 Å². The molecule has 0 aromatic rings. The molecule has 0 aromatic carbocycles. The van der Waals surface area contributed by atoms with Crippen LogP contribution in [0.5, 0.6) is 0 Å². The first-order chi connectivity index (χ1) is 4.83. The lowest BCUT2D eigenvalue weighted by Crippen LogP contribution is -2.12. The molecule has 10 heavy (non-hydrogen) atoms. The topological polar surface area (TPSA) is 24.8 Å². The standard InChI is InChI=1S/C7H12N2O/c1-3-10-8-7-4-5-9(2)6-7/h4-5H,3,6H2,1-2H3/b8-7-. The molecule has 0 unspecified atom stereocenters. The van der Waals surface area contributed by atoms with Crippen LogP contribution in [0.3, 0.4) is 0 Å². The Balaban J connectivity index is 2.38. The molecule has 0 aliphatic carbocycles. The molecule has 0 bridgehead atoms. The van der Waals surface area contributed by atoms with E-state index in [2.05, 4.69) is 10.1 Å². The van der Waals surface area contributed by atoms with E-state index < -0.39 is 0 Å². The monoisotopic (exact) mass is 140 g/mol. The minimum Gasteiger partial charge on any atom is -0.396 e. The fourth-order valence-electron chi connectivity index (χ4n) is 0.781. The number of rotatable bonds is 2. The summed E-state index contributed by atoms with van der Waals surface area (Å²) in [7, 11) is 2.00. The Labute approximate surface area is 61.0 Å². The number of hydrogen-bond donors (Lipinski definition) is 0. The van der Waals surface area contributed by atoms with E-state index in [4.69, 9.17) is 4.84 Å². The van der Waals surface area contributed by atoms with Crippen LogP contribution in [0.1, 0.15) is 6.92 Å². The lowest BCUT2D eigenvalue weighted by molar-refractivity contribution is 0.158. The lowest BCUT2D eigenvalue weighted by atomic mass is 10.4. The molecule has 1 heterocycles. The normalized spacial score (nSPS) is 20.6. The fraction of sp³-hybridized carbons (Fsp3) is 0.571. The Bertz CT molecular complexity index is 163. The molecule has 0 aromatic heterocycles. The highest BCUT2D eigenvalue weighted by molar-refractivity contribution is 5.97. The smallest absolute Gasteiger partial charge is 0.114 e. The van der Waals surface area contributed by atoms with E-state index in [1.807, 2.05) is 26.2 Å². The molecule has 0 atom stereocenters. The van der Waals surface area contributed by atoms with Gasteiger partial charge in [0, 0.05) is 13.2 Å². The second-order valence-corrected chi connectivity index (χ2v) is 2.23. The molecule has 1 aliphatic rings. The maximum Gasteiger partial charge on any atom is 0.114 e. The van der Waals surface area contributed by atoms with Gasteiger partial charge in [-0.1, -0.05) is 5.16 Å². The molecular formula is C7H12N2O. The Morgan fingerprint density at radius 3 is 3.10 bits per heavy atom. The third-order valence-corrected chi connectivity index (χ3v) is 1.24. The predicted octanol–water partition coefficient (Wildman–Crippen LogP) is 0.838. The summed E-state index contributed by atoms with van der Waals surface area (Å²) in [4.78, 5) is 6.93. The van der Waals surface area contributed by atoms with Crippen LogP contribution in [0.4, 0.5) is 0 Å². The largest absolute Gasteiger partial charge is 0.396 e. The summed E-state index contributed by atoms with van der Waals surface area (Å²) < 4.78 is 0. The summed E-state index contributed by atoms with van der Waals surface area (Å²) in [6.45, 7) is 3.42. The predicted molar refractivity (Wildman–Crippen MR) is 40.8 cm³/mol. The molecular weight excluding hydrogens is 128 g/mol. The number of nitrogens with zero attached hydrogens (tertiary/aromatic N) is 2. The quantitative estimate of drug-likeness (QED) is 0.531. The number of hydrogen-bond acceptors (Lipinski definition) is 3. The maximum absolute atomic E-state index is 4.88. The molecule has 56 valence electrons. The molecule has 0 saturated carbocycles. The maximum atomic E-state index is 4.88. The number of oxime groups is 1. The Morgan fingerprint density at radius 1 is 1.80 bits per heavy atom. The second kappa shape index (κ2) is 3.25. The average molecular weight is 140 g/mol. The zero-order chi connectivity index (χ0) is 7.40. The van der Waals surface area contributed by atoms with Crippen molar-refractivity contribution in [2.24, 2.45) is 5.16 Å². The van der Waals surface area contributed by atoms with Gasteiger partial charge in [0.25, 0.3) is 0 Å². The van der Waals surface area contributed by atoms with E-state index in [9.17, 15) is 0 Å². The second-order valence-electron chi connectivity index (χ2n) is 2.23. The molecule has 0 radical (unpaired) electrons. The fourth-order valence-corrected chi connectivity index (χ4v) is 0.781. The van der Waals surface area contributed by atoms with Crippen molar-refractivity contribution >= 4 is 5.71 Å². The van der Waals surface area contributed by atoms with Crippen LogP contribution in [0, 0.1) is 0 Å². The van der Waals surface area contributed by atoms with Crippen molar-refractivity contribution < 1.29 is 4.84 Å². The van der Waals surface area contributed by atoms with Gasteiger partial charge in [0.2, 0.25) is 0 Å². The van der Waals surface area contributed by atoms with Crippen LogP contribution in [0.2, 0.25) is 0 Å². The van der Waals surface area contributed by atoms with Gasteiger partial charge in [0.1, 0.15) is 12.3 Å². The molecule has 3 heteroatoms. The van der Waals surface area contributed by atoms with Gasteiger partial charge in [-0.05, 0) is 13.0 Å². The Kier molecular flexibility index (Phi) is 2.31. The lowest BCUT2D eigenvalue weighted by Gasteiger charge is -2.03. The van der Waals surface area contributed by atoms with E-state index in [1.165, 1.54) is 0 Å². The highest BCUT2D eigenvalue weighted by Gasteiger charge is 2.05. The van der Waals surface area contributed by atoms with Gasteiger partial charge < -0.3 is 9.74 Å². The highest BCUT2D eigenvalue weighted by atomic mass is 16.6. The van der Waals surface area contributed by atoms with Crippen LogP contribution < -0.4 is 0 Å². The van der Waals surface area contributed by atoms with Gasteiger partial charge in [-0.15, -0.1) is 0 Å². The summed E-state index contributed by atoms with van der Waals surface area (Å²) in [6, 6.07) is 0. The third-order valence-electron chi connectivity index (χ3n) is 1.24. The summed E-state index contributed by atoms with van der Waals surface area (Å²) in [5.74, 6) is 0. The highest BCUT2D eigenvalue weighted by Crippen LogP contribution is 1.98. The summed E-state index contributed by atoms with van der Waals surface area (Å²) in [5.41, 5.74) is 0.990. The average Bonchev–Trinajstić information content (AvgIpc) is 2.31. The van der Waals surface area contributed by atoms with Crippen LogP contribution in [0.25, 0.3) is 0 Å². The van der Waals surface area contributed by atoms with Crippen molar-refractivity contribution in [2.75, 3.05) is 20.2 Å². The van der Waals surface area contributed by atoms with E-state index in [0.717, 1.165) is 12.3 Å². The summed E-state index contributed by atoms with van der Waals surface area (Å²) in [5, 5.41) is 3.88. The van der Waals surface area contributed by atoms with Crippen molar-refractivity contribution in [2.45, 2.75) is 6.92 Å². The molecule has 0 saturated heterocycles. The van der Waals surface area contributed by atoms with Crippen molar-refractivity contribution in [1.29, 1.82) is 0 Å². The van der Waals surface area contributed by atoms with Crippen molar-refractivity contribution in [3.05, 3.63) is 12.3 Å². The molecule has 1 rings (SSSR count). The summed E-state index contributed by atoms with van der Waals surface area (Å²) >= 11 is 0. The van der Waals surface area contributed by atoms with Crippen molar-refractivity contribution in [3.63, 3.8) is 0 Å². The van der Waals surface area contributed by atoms with Gasteiger partial charge in [-0.25, -0.2) is 0 Å². The van der Waals surface area contributed by atoms with Crippen LogP contribution in [0.15, 0.2) is 17.4 Å². The zero-order valence-corrected chi connectivity index (χ0v) is 6.37. The van der Waals surface area contributed by atoms with Gasteiger partial charge in [-0.3, -0.25) is 0 Å². The molecule has 1 aliphatic heterocycles. The molecule has 0 fully saturated rings. The first kappa shape index (κ1) is 7.12. The first-order valence-electron chi connectivity index (χ1n) is 3.40. The third kappa shape index (κ3) is 1.76. The molecule has 0 N–H and O–H groups in total. The van der Waals surface area contributed by atoms with Gasteiger partial charge in [-0.2, -0.15) is 0 Å². The Hall–Kier alpha value is -0.990. The first-order valence-corrected chi connectivity index (χ1v) is 3.40. The van der Waals surface area contributed by atoms with E-state index in [1.54, 1.807) is 0 Å². The van der Waals surface area contributed by atoms with Gasteiger partial charge >= 0.3 is 0 Å². The minimum absolute atomic E-state index is 0.640. The van der Waals surface area contributed by atoms with Crippen LogP contribution in [-0.2, 0) is 4.84 Å². The van der Waals surface area contributed by atoms with E-state index in [0.29, 0.717) is 6.61 Å². The van der Waals surface area contributed by atoms with E-state index in [-0.39, 0.29) is 0 Å². The van der Waals surface area contributed by atoms with Gasteiger partial charge in [0.15, 0.2) is 0 Å².